The van der Waals surface area contributed by atoms with E-state index in [0.29, 0.717) is 17.3 Å². The van der Waals surface area contributed by atoms with Crippen LogP contribution in [0.15, 0.2) is 16.0 Å². The van der Waals surface area contributed by atoms with Crippen molar-refractivity contribution in [2.45, 2.75) is 36.7 Å². The quantitative estimate of drug-likeness (QED) is 0.617. The SMILES string of the molecule is O=C=NC1CCCCCN1S(=O)(=O)c1cc(Cl)sc1Cl. The topological polar surface area (TPSA) is 66.8 Å². The van der Waals surface area contributed by atoms with Gasteiger partial charge in [-0.25, -0.2) is 13.2 Å². The zero-order valence-electron chi connectivity index (χ0n) is 10.4. The van der Waals surface area contributed by atoms with E-state index >= 15 is 0 Å². The van der Waals surface area contributed by atoms with Crippen LogP contribution in [0, 0.1) is 0 Å². The summed E-state index contributed by atoms with van der Waals surface area (Å²) in [7, 11) is -3.81. The Morgan fingerprint density at radius 3 is 2.70 bits per heavy atom. The fourth-order valence-electron chi connectivity index (χ4n) is 2.16. The second kappa shape index (κ2) is 6.56. The van der Waals surface area contributed by atoms with Crippen molar-refractivity contribution in [2.75, 3.05) is 6.54 Å². The second-order valence-electron chi connectivity index (χ2n) is 4.35. The van der Waals surface area contributed by atoms with Crippen molar-refractivity contribution < 1.29 is 13.2 Å². The van der Waals surface area contributed by atoms with E-state index in [9.17, 15) is 13.2 Å². The minimum atomic E-state index is -3.81. The summed E-state index contributed by atoms with van der Waals surface area (Å²) in [5, 5.41) is 0. The van der Waals surface area contributed by atoms with Crippen LogP contribution in [-0.2, 0) is 14.8 Å². The lowest BCUT2D eigenvalue weighted by Crippen LogP contribution is -2.38. The van der Waals surface area contributed by atoms with E-state index in [1.165, 1.54) is 16.5 Å². The van der Waals surface area contributed by atoms with Crippen LogP contribution in [0.5, 0.6) is 0 Å². The Labute approximate surface area is 131 Å². The molecule has 0 radical (unpaired) electrons. The number of thiophene rings is 1. The third-order valence-electron chi connectivity index (χ3n) is 3.09. The fraction of sp³-hybridized carbons (Fsp3) is 0.545. The molecule has 2 heterocycles. The van der Waals surface area contributed by atoms with Crippen LogP contribution in [0.1, 0.15) is 25.7 Å². The van der Waals surface area contributed by atoms with Crippen molar-refractivity contribution in [1.82, 2.24) is 4.31 Å². The summed E-state index contributed by atoms with van der Waals surface area (Å²) in [6.07, 6.45) is 3.68. The van der Waals surface area contributed by atoms with E-state index in [1.807, 2.05) is 0 Å². The van der Waals surface area contributed by atoms with E-state index in [1.54, 1.807) is 0 Å². The number of hydrogen-bond donors (Lipinski definition) is 0. The largest absolute Gasteiger partial charge is 0.247 e. The maximum absolute atomic E-state index is 12.7. The van der Waals surface area contributed by atoms with Gasteiger partial charge in [-0.05, 0) is 25.3 Å². The monoisotopic (exact) mass is 354 g/mol. The fourth-order valence-corrected chi connectivity index (χ4v) is 5.87. The van der Waals surface area contributed by atoms with Gasteiger partial charge < -0.3 is 0 Å². The third-order valence-corrected chi connectivity index (χ3v) is 6.74. The number of carbonyl (C=O) groups excluding carboxylic acids is 1. The van der Waals surface area contributed by atoms with Gasteiger partial charge in [0, 0.05) is 6.54 Å². The molecule has 110 valence electrons. The second-order valence-corrected chi connectivity index (χ2v) is 8.50. The zero-order chi connectivity index (χ0) is 14.8. The number of isocyanates is 1. The maximum atomic E-state index is 12.7. The first-order valence-corrected chi connectivity index (χ1v) is 9.01. The standard InChI is InChI=1S/C11H12Cl2N2O3S2/c12-9-6-8(11(13)19-9)20(17,18)15-5-3-1-2-4-10(15)14-7-16/h6,10H,1-5H2. The summed E-state index contributed by atoms with van der Waals surface area (Å²) in [4.78, 5) is 14.1. The van der Waals surface area contributed by atoms with Gasteiger partial charge >= 0.3 is 0 Å². The molecular formula is C11H12Cl2N2O3S2. The molecule has 9 heteroatoms. The molecule has 1 atom stereocenters. The third kappa shape index (κ3) is 3.24. The predicted molar refractivity (Wildman–Crippen MR) is 78.6 cm³/mol. The first-order chi connectivity index (χ1) is 9.46. The van der Waals surface area contributed by atoms with Gasteiger partial charge in [-0.3, -0.25) is 0 Å². The van der Waals surface area contributed by atoms with Crippen molar-refractivity contribution >= 4 is 50.6 Å². The van der Waals surface area contributed by atoms with Crippen LogP contribution in [-0.4, -0.2) is 31.5 Å². The van der Waals surface area contributed by atoms with Crippen LogP contribution in [0.25, 0.3) is 0 Å². The van der Waals surface area contributed by atoms with Crippen molar-refractivity contribution in [1.29, 1.82) is 0 Å². The number of halogens is 2. The Morgan fingerprint density at radius 1 is 1.35 bits per heavy atom. The van der Waals surface area contributed by atoms with E-state index in [0.717, 1.165) is 30.6 Å². The van der Waals surface area contributed by atoms with Gasteiger partial charge in [-0.1, -0.05) is 29.6 Å². The molecule has 1 fully saturated rings. The smallest absolute Gasteiger partial charge is 0.211 e. The van der Waals surface area contributed by atoms with E-state index in [-0.39, 0.29) is 9.23 Å². The normalized spacial score (nSPS) is 21.2. The molecule has 1 aromatic heterocycles. The molecule has 2 rings (SSSR count). The van der Waals surface area contributed by atoms with Crippen molar-refractivity contribution in [3.63, 3.8) is 0 Å². The summed E-state index contributed by atoms with van der Waals surface area (Å²) >= 11 is 12.7. The first-order valence-electron chi connectivity index (χ1n) is 6.00. The van der Waals surface area contributed by atoms with Gasteiger partial charge in [0.05, 0.1) is 4.34 Å². The molecule has 0 amide bonds. The Morgan fingerprint density at radius 2 is 2.10 bits per heavy atom. The molecule has 1 saturated heterocycles. The molecule has 1 unspecified atom stereocenters. The zero-order valence-corrected chi connectivity index (χ0v) is 13.5. The van der Waals surface area contributed by atoms with Gasteiger partial charge in [-0.15, -0.1) is 11.3 Å². The van der Waals surface area contributed by atoms with E-state index in [4.69, 9.17) is 23.2 Å². The molecule has 5 nitrogen and oxygen atoms in total. The highest BCUT2D eigenvalue weighted by Gasteiger charge is 2.34. The highest BCUT2D eigenvalue weighted by molar-refractivity contribution is 7.89. The van der Waals surface area contributed by atoms with E-state index < -0.39 is 16.2 Å². The highest BCUT2D eigenvalue weighted by atomic mass is 35.5. The van der Waals surface area contributed by atoms with Crippen LogP contribution >= 0.6 is 34.5 Å². The number of aliphatic imine (C=N–C) groups is 1. The molecule has 0 saturated carbocycles. The summed E-state index contributed by atoms with van der Waals surface area (Å²) in [5.74, 6) is 0. The number of nitrogens with zero attached hydrogens (tertiary/aromatic N) is 2. The van der Waals surface area contributed by atoms with E-state index in [2.05, 4.69) is 4.99 Å². The summed E-state index contributed by atoms with van der Waals surface area (Å²) in [6, 6.07) is 1.33. The molecule has 0 aromatic carbocycles. The lowest BCUT2D eigenvalue weighted by molar-refractivity contribution is 0.330. The number of hydrogen-bond acceptors (Lipinski definition) is 5. The van der Waals surface area contributed by atoms with Crippen molar-refractivity contribution in [2.24, 2.45) is 4.99 Å². The predicted octanol–water partition coefficient (Wildman–Crippen LogP) is 3.28. The molecule has 0 aliphatic carbocycles. The molecule has 1 aromatic rings. The Bertz CT molecular complexity index is 638. The minimum Gasteiger partial charge on any atom is -0.211 e. The molecule has 20 heavy (non-hydrogen) atoms. The number of sulfonamides is 1. The average Bonchev–Trinajstić information content (AvgIpc) is 2.61. The first kappa shape index (κ1) is 15.9. The van der Waals surface area contributed by atoms with Crippen LogP contribution in [0.2, 0.25) is 8.67 Å². The number of rotatable bonds is 3. The molecular weight excluding hydrogens is 343 g/mol. The molecule has 1 aliphatic rings. The van der Waals surface area contributed by atoms with Crippen molar-refractivity contribution in [3.05, 3.63) is 14.7 Å². The lowest BCUT2D eigenvalue weighted by Gasteiger charge is -2.24. The Balaban J connectivity index is 2.44. The molecule has 0 N–H and O–H groups in total. The Hall–Kier alpha value is -0.430. The Kier molecular flexibility index (Phi) is 5.23. The summed E-state index contributed by atoms with van der Waals surface area (Å²) in [5.41, 5.74) is 0. The van der Waals surface area contributed by atoms with Gasteiger partial charge in [-0.2, -0.15) is 9.30 Å². The van der Waals surface area contributed by atoms with Gasteiger partial charge in [0.2, 0.25) is 16.1 Å². The molecule has 0 spiro atoms. The van der Waals surface area contributed by atoms with Crippen LogP contribution in [0.4, 0.5) is 0 Å². The maximum Gasteiger partial charge on any atom is 0.247 e. The summed E-state index contributed by atoms with van der Waals surface area (Å²) < 4.78 is 27.0. The minimum absolute atomic E-state index is 0.0258. The lowest BCUT2D eigenvalue weighted by atomic mass is 10.2. The van der Waals surface area contributed by atoms with Gasteiger partial charge in [0.15, 0.2) is 0 Å². The van der Waals surface area contributed by atoms with Gasteiger partial charge in [0.1, 0.15) is 15.4 Å². The van der Waals surface area contributed by atoms with Crippen molar-refractivity contribution in [3.8, 4) is 0 Å². The van der Waals surface area contributed by atoms with Crippen LogP contribution in [0.3, 0.4) is 0 Å². The highest BCUT2D eigenvalue weighted by Crippen LogP contribution is 2.37. The molecule has 1 aliphatic heterocycles. The molecule has 0 bridgehead atoms. The van der Waals surface area contributed by atoms with Crippen LogP contribution < -0.4 is 0 Å². The average molecular weight is 355 g/mol. The summed E-state index contributed by atoms with van der Waals surface area (Å²) in [6.45, 7) is 0.308. The van der Waals surface area contributed by atoms with Gasteiger partial charge in [0.25, 0.3) is 0 Å².